The summed E-state index contributed by atoms with van der Waals surface area (Å²) in [5.74, 6) is 0. The third kappa shape index (κ3) is 5.08. The van der Waals surface area contributed by atoms with Crippen LogP contribution in [-0.2, 0) is 19.6 Å². The molecule has 3 rings (SSSR count). The molecule has 2 amide bonds. The van der Waals surface area contributed by atoms with E-state index in [1.54, 1.807) is 11.3 Å². The number of hydrogen-bond acceptors (Lipinski definition) is 3. The Labute approximate surface area is 147 Å². The standard InChI is InChI=1S/C19H25N3OS/c23-19(21-14-18-9-6-12-24-18)20-13-16-7-2-3-8-17(16)15-22-10-4-1-5-11-22/h2-3,6-9,12H,1,4-5,10-11,13-15H2,(H2,20,21,23). The molecule has 1 aromatic heterocycles. The van der Waals surface area contributed by atoms with Crippen LogP contribution in [0.4, 0.5) is 4.79 Å². The average Bonchev–Trinajstić information content (AvgIpc) is 3.14. The van der Waals surface area contributed by atoms with Crippen molar-refractivity contribution in [1.82, 2.24) is 15.5 Å². The van der Waals surface area contributed by atoms with Crippen LogP contribution in [-0.4, -0.2) is 24.0 Å². The van der Waals surface area contributed by atoms with E-state index in [0.717, 1.165) is 11.4 Å². The monoisotopic (exact) mass is 343 g/mol. The van der Waals surface area contributed by atoms with Gasteiger partial charge in [0.15, 0.2) is 0 Å². The number of benzene rings is 1. The topological polar surface area (TPSA) is 44.4 Å². The minimum Gasteiger partial charge on any atom is -0.334 e. The Kier molecular flexibility index (Phi) is 6.26. The molecule has 1 aromatic carbocycles. The van der Waals surface area contributed by atoms with Crippen molar-refractivity contribution in [2.24, 2.45) is 0 Å². The summed E-state index contributed by atoms with van der Waals surface area (Å²) in [6.07, 6.45) is 3.95. The van der Waals surface area contributed by atoms with Crippen molar-refractivity contribution in [3.8, 4) is 0 Å². The van der Waals surface area contributed by atoms with Crippen LogP contribution in [0.25, 0.3) is 0 Å². The van der Waals surface area contributed by atoms with E-state index < -0.39 is 0 Å². The molecule has 2 heterocycles. The molecule has 2 aromatic rings. The number of amides is 2. The minimum atomic E-state index is -0.115. The molecule has 0 unspecified atom stereocenters. The summed E-state index contributed by atoms with van der Waals surface area (Å²) in [6, 6.07) is 12.3. The lowest BCUT2D eigenvalue weighted by atomic mass is 10.0. The molecule has 0 bridgehead atoms. The summed E-state index contributed by atoms with van der Waals surface area (Å²) in [4.78, 5) is 15.7. The Morgan fingerprint density at radius 2 is 1.71 bits per heavy atom. The predicted molar refractivity (Wildman–Crippen MR) is 99.0 cm³/mol. The Hall–Kier alpha value is -1.85. The zero-order chi connectivity index (χ0) is 16.6. The summed E-state index contributed by atoms with van der Waals surface area (Å²) in [7, 11) is 0. The van der Waals surface area contributed by atoms with E-state index in [2.05, 4.69) is 33.7 Å². The molecule has 0 saturated carbocycles. The molecule has 24 heavy (non-hydrogen) atoms. The van der Waals surface area contributed by atoms with E-state index in [9.17, 15) is 4.79 Å². The second kappa shape index (κ2) is 8.85. The van der Waals surface area contributed by atoms with Gasteiger partial charge in [-0.1, -0.05) is 36.8 Å². The number of nitrogens with one attached hydrogen (secondary N) is 2. The number of carbonyl (C=O) groups excluding carboxylic acids is 1. The SMILES string of the molecule is O=C(NCc1cccs1)NCc1ccccc1CN1CCCCC1. The highest BCUT2D eigenvalue weighted by atomic mass is 32.1. The highest BCUT2D eigenvalue weighted by molar-refractivity contribution is 7.09. The lowest BCUT2D eigenvalue weighted by Crippen LogP contribution is -2.35. The van der Waals surface area contributed by atoms with Crippen molar-refractivity contribution in [3.05, 3.63) is 57.8 Å². The molecule has 0 atom stereocenters. The molecule has 1 aliphatic heterocycles. The van der Waals surface area contributed by atoms with Crippen molar-refractivity contribution in [2.45, 2.75) is 38.9 Å². The number of hydrogen-bond donors (Lipinski definition) is 2. The second-order valence-electron chi connectivity index (χ2n) is 6.22. The van der Waals surface area contributed by atoms with Crippen molar-refractivity contribution in [2.75, 3.05) is 13.1 Å². The summed E-state index contributed by atoms with van der Waals surface area (Å²) in [5.41, 5.74) is 2.52. The molecule has 0 radical (unpaired) electrons. The fourth-order valence-corrected chi connectivity index (χ4v) is 3.71. The molecule has 1 aliphatic rings. The zero-order valence-corrected chi connectivity index (χ0v) is 14.8. The fourth-order valence-electron chi connectivity index (χ4n) is 3.06. The minimum absolute atomic E-state index is 0.115. The van der Waals surface area contributed by atoms with Crippen LogP contribution < -0.4 is 10.6 Å². The maximum Gasteiger partial charge on any atom is 0.315 e. The van der Waals surface area contributed by atoms with Crippen LogP contribution in [0, 0.1) is 0 Å². The van der Waals surface area contributed by atoms with Gasteiger partial charge in [0.25, 0.3) is 0 Å². The zero-order valence-electron chi connectivity index (χ0n) is 14.0. The van der Waals surface area contributed by atoms with E-state index in [1.165, 1.54) is 43.5 Å². The molecule has 128 valence electrons. The van der Waals surface area contributed by atoms with Gasteiger partial charge in [-0.2, -0.15) is 0 Å². The Morgan fingerprint density at radius 3 is 2.46 bits per heavy atom. The van der Waals surface area contributed by atoms with E-state index >= 15 is 0 Å². The lowest BCUT2D eigenvalue weighted by Gasteiger charge is -2.27. The van der Waals surface area contributed by atoms with E-state index in [0.29, 0.717) is 13.1 Å². The number of likely N-dealkylation sites (tertiary alicyclic amines) is 1. The Bertz CT molecular complexity index is 636. The van der Waals surface area contributed by atoms with Gasteiger partial charge in [-0.05, 0) is 48.5 Å². The van der Waals surface area contributed by atoms with Gasteiger partial charge in [0.05, 0.1) is 6.54 Å². The third-order valence-corrected chi connectivity index (χ3v) is 5.28. The van der Waals surface area contributed by atoms with Crippen molar-refractivity contribution >= 4 is 17.4 Å². The average molecular weight is 343 g/mol. The Balaban J connectivity index is 1.49. The second-order valence-corrected chi connectivity index (χ2v) is 7.25. The first kappa shape index (κ1) is 17.0. The van der Waals surface area contributed by atoms with Gasteiger partial charge in [-0.3, -0.25) is 4.90 Å². The van der Waals surface area contributed by atoms with E-state index in [-0.39, 0.29) is 6.03 Å². The molecular formula is C19H25N3OS. The maximum absolute atomic E-state index is 12.0. The first-order chi connectivity index (χ1) is 11.8. The van der Waals surface area contributed by atoms with Gasteiger partial charge in [0.1, 0.15) is 0 Å². The van der Waals surface area contributed by atoms with Gasteiger partial charge in [0.2, 0.25) is 0 Å². The van der Waals surface area contributed by atoms with Gasteiger partial charge in [-0.25, -0.2) is 4.79 Å². The molecule has 2 N–H and O–H groups in total. The Morgan fingerprint density at radius 1 is 0.958 bits per heavy atom. The first-order valence-corrected chi connectivity index (χ1v) is 9.52. The summed E-state index contributed by atoms with van der Waals surface area (Å²) in [5, 5.41) is 7.90. The van der Waals surface area contributed by atoms with Gasteiger partial charge in [-0.15, -0.1) is 11.3 Å². The molecule has 0 aliphatic carbocycles. The first-order valence-electron chi connectivity index (χ1n) is 8.64. The van der Waals surface area contributed by atoms with Gasteiger partial charge < -0.3 is 10.6 Å². The van der Waals surface area contributed by atoms with E-state index in [1.807, 2.05) is 23.6 Å². The largest absolute Gasteiger partial charge is 0.334 e. The molecule has 0 spiro atoms. The number of carbonyl (C=O) groups is 1. The van der Waals surface area contributed by atoms with Crippen LogP contribution >= 0.6 is 11.3 Å². The summed E-state index contributed by atoms with van der Waals surface area (Å²) < 4.78 is 0. The number of rotatable bonds is 6. The molecule has 4 nitrogen and oxygen atoms in total. The summed E-state index contributed by atoms with van der Waals surface area (Å²) >= 11 is 1.65. The van der Waals surface area contributed by atoms with Crippen molar-refractivity contribution in [1.29, 1.82) is 0 Å². The number of urea groups is 1. The molecule has 1 fully saturated rings. The lowest BCUT2D eigenvalue weighted by molar-refractivity contribution is 0.220. The van der Waals surface area contributed by atoms with Crippen LogP contribution in [0.15, 0.2) is 41.8 Å². The van der Waals surface area contributed by atoms with Crippen LogP contribution in [0.2, 0.25) is 0 Å². The smallest absolute Gasteiger partial charge is 0.315 e. The highest BCUT2D eigenvalue weighted by Gasteiger charge is 2.12. The molecule has 5 heteroatoms. The van der Waals surface area contributed by atoms with Crippen molar-refractivity contribution < 1.29 is 4.79 Å². The number of piperidine rings is 1. The summed E-state index contributed by atoms with van der Waals surface area (Å²) in [6.45, 7) is 4.50. The van der Waals surface area contributed by atoms with Crippen molar-refractivity contribution in [3.63, 3.8) is 0 Å². The predicted octanol–water partition coefficient (Wildman–Crippen LogP) is 3.73. The normalized spacial score (nSPS) is 15.2. The maximum atomic E-state index is 12.0. The van der Waals surface area contributed by atoms with Crippen LogP contribution in [0.5, 0.6) is 0 Å². The van der Waals surface area contributed by atoms with E-state index in [4.69, 9.17) is 0 Å². The number of nitrogens with zero attached hydrogens (tertiary/aromatic N) is 1. The molecular weight excluding hydrogens is 318 g/mol. The quantitative estimate of drug-likeness (QED) is 0.839. The fraction of sp³-hybridized carbons (Fsp3) is 0.421. The van der Waals surface area contributed by atoms with Crippen LogP contribution in [0.3, 0.4) is 0 Å². The number of thiophene rings is 1. The highest BCUT2D eigenvalue weighted by Crippen LogP contribution is 2.16. The third-order valence-electron chi connectivity index (χ3n) is 4.40. The van der Waals surface area contributed by atoms with Gasteiger partial charge in [0, 0.05) is 18.0 Å². The van der Waals surface area contributed by atoms with Crippen LogP contribution in [0.1, 0.15) is 35.3 Å². The van der Waals surface area contributed by atoms with Gasteiger partial charge >= 0.3 is 6.03 Å². The molecule has 1 saturated heterocycles.